The van der Waals surface area contributed by atoms with Crippen molar-refractivity contribution < 1.29 is 17.9 Å². The first-order valence-electron chi connectivity index (χ1n) is 15.5. The molecule has 0 saturated carbocycles. The van der Waals surface area contributed by atoms with E-state index in [-0.39, 0.29) is 5.97 Å². The lowest BCUT2D eigenvalue weighted by Gasteiger charge is -2.28. The average molecular weight is 625 g/mol. The lowest BCUT2D eigenvalue weighted by molar-refractivity contribution is 0.0373. The van der Waals surface area contributed by atoms with Gasteiger partial charge in [0.25, 0.3) is 0 Å². The number of anilines is 1. The number of likely N-dealkylation sites (tertiary alicyclic amines) is 1. The summed E-state index contributed by atoms with van der Waals surface area (Å²) >= 11 is 0. The van der Waals surface area contributed by atoms with Crippen LogP contribution in [0.15, 0.2) is 91.0 Å². The van der Waals surface area contributed by atoms with Crippen LogP contribution in [0.25, 0.3) is 21.7 Å². The summed E-state index contributed by atoms with van der Waals surface area (Å²) in [6.07, 6.45) is 2.01. The van der Waals surface area contributed by atoms with Gasteiger partial charge in [-0.15, -0.1) is 0 Å². The number of sulfonamides is 1. The van der Waals surface area contributed by atoms with E-state index in [2.05, 4.69) is 16.7 Å². The van der Waals surface area contributed by atoms with Crippen LogP contribution in [-0.2, 0) is 27.8 Å². The van der Waals surface area contributed by atoms with Crippen molar-refractivity contribution in [3.8, 4) is 0 Å². The molecule has 5 aromatic rings. The van der Waals surface area contributed by atoms with Crippen LogP contribution >= 0.6 is 0 Å². The van der Waals surface area contributed by atoms with Crippen molar-refractivity contribution in [2.45, 2.75) is 38.1 Å². The Hall–Kier alpha value is -4.18. The van der Waals surface area contributed by atoms with Crippen LogP contribution in [0.3, 0.4) is 0 Å². The van der Waals surface area contributed by atoms with Crippen molar-refractivity contribution in [1.82, 2.24) is 9.47 Å². The molecule has 234 valence electrons. The molecule has 1 saturated heterocycles. The SMILES string of the molecule is C[C@@H](c1ccccc1)S(=O)(=O)Nc1cc(Cn2c(C(=O)OCC3CCN(C)CC3)cc3ccc(CN)cc32)c2ccccc2c1. The number of esters is 1. The quantitative estimate of drug-likeness (QED) is 0.177. The number of aromatic nitrogens is 1. The molecule has 3 N–H and O–H groups in total. The summed E-state index contributed by atoms with van der Waals surface area (Å²) in [6.45, 7) is 4.78. The lowest BCUT2D eigenvalue weighted by atomic mass is 9.98. The van der Waals surface area contributed by atoms with Gasteiger partial charge in [-0.3, -0.25) is 4.72 Å². The second-order valence-corrected chi connectivity index (χ2v) is 14.1. The summed E-state index contributed by atoms with van der Waals surface area (Å²) < 4.78 is 37.7. The minimum atomic E-state index is -3.75. The number of rotatable bonds is 10. The fraction of sp³-hybridized carbons (Fsp3) is 0.306. The second kappa shape index (κ2) is 13.0. The predicted molar refractivity (Wildman–Crippen MR) is 181 cm³/mol. The van der Waals surface area contributed by atoms with Gasteiger partial charge in [0.05, 0.1) is 6.61 Å². The average Bonchev–Trinajstić information content (AvgIpc) is 3.41. The molecule has 0 amide bonds. The van der Waals surface area contributed by atoms with Crippen LogP contribution in [0.2, 0.25) is 0 Å². The third-order valence-electron chi connectivity index (χ3n) is 8.97. The first-order chi connectivity index (χ1) is 21.7. The number of ether oxygens (including phenoxy) is 1. The summed E-state index contributed by atoms with van der Waals surface area (Å²) in [4.78, 5) is 15.9. The van der Waals surface area contributed by atoms with Gasteiger partial charge in [0.2, 0.25) is 10.0 Å². The van der Waals surface area contributed by atoms with Crippen molar-refractivity contribution in [3.63, 3.8) is 0 Å². The molecule has 0 spiro atoms. The monoisotopic (exact) mass is 624 g/mol. The van der Waals surface area contributed by atoms with Crippen LogP contribution in [0.4, 0.5) is 5.69 Å². The van der Waals surface area contributed by atoms with Crippen molar-refractivity contribution in [3.05, 3.63) is 113 Å². The summed E-state index contributed by atoms with van der Waals surface area (Å²) in [5.74, 6) is -0.0176. The molecule has 2 heterocycles. The highest BCUT2D eigenvalue weighted by Gasteiger charge is 2.25. The highest BCUT2D eigenvalue weighted by molar-refractivity contribution is 7.92. The van der Waals surface area contributed by atoms with Crippen LogP contribution < -0.4 is 10.5 Å². The van der Waals surface area contributed by atoms with E-state index in [1.165, 1.54) is 0 Å². The molecule has 6 rings (SSSR count). The van der Waals surface area contributed by atoms with Gasteiger partial charge >= 0.3 is 5.97 Å². The standard InChI is InChI=1S/C36H40N4O4S/c1-25(28-8-4-3-5-9-28)45(42,43)38-32-19-29-10-6-7-11-33(29)31(20-32)23-40-34-18-27(22-37)12-13-30(34)21-35(40)36(41)44-24-26-14-16-39(2)17-15-26/h3-13,18-21,25-26,38H,14-17,22-24,37H2,1-2H3/t25-/m0/s1. The Balaban J connectivity index is 1.36. The molecule has 1 fully saturated rings. The second-order valence-electron chi connectivity index (χ2n) is 12.1. The Bertz CT molecular complexity index is 1930. The normalized spacial score (nSPS) is 15.4. The number of hydrogen-bond donors (Lipinski definition) is 2. The van der Waals surface area contributed by atoms with Crippen LogP contribution in [0.5, 0.6) is 0 Å². The van der Waals surface area contributed by atoms with E-state index in [4.69, 9.17) is 10.5 Å². The number of nitrogens with one attached hydrogen (secondary N) is 1. The van der Waals surface area contributed by atoms with E-state index in [1.54, 1.807) is 6.92 Å². The minimum Gasteiger partial charge on any atom is -0.461 e. The summed E-state index contributed by atoms with van der Waals surface area (Å²) in [5.41, 5.74) is 10.3. The maximum atomic E-state index is 13.6. The van der Waals surface area contributed by atoms with E-state index in [0.717, 1.165) is 58.7 Å². The lowest BCUT2D eigenvalue weighted by Crippen LogP contribution is -2.32. The van der Waals surface area contributed by atoms with Crippen LogP contribution in [0, 0.1) is 5.92 Å². The zero-order valence-electron chi connectivity index (χ0n) is 25.8. The van der Waals surface area contributed by atoms with E-state index < -0.39 is 15.3 Å². The fourth-order valence-corrected chi connectivity index (χ4v) is 7.31. The Morgan fingerprint density at radius 3 is 2.44 bits per heavy atom. The van der Waals surface area contributed by atoms with Gasteiger partial charge in [-0.1, -0.05) is 66.7 Å². The Kier molecular flexibility index (Phi) is 8.94. The van der Waals surface area contributed by atoms with Crippen LogP contribution in [-0.4, -0.2) is 50.6 Å². The minimum absolute atomic E-state index is 0.334. The molecule has 0 radical (unpaired) electrons. The number of carbonyl (C=O) groups excluding carboxylic acids is 1. The number of nitrogens with zero attached hydrogens (tertiary/aromatic N) is 2. The van der Waals surface area contributed by atoms with Crippen molar-refractivity contribution in [1.29, 1.82) is 0 Å². The molecule has 1 aromatic heterocycles. The number of hydrogen-bond acceptors (Lipinski definition) is 6. The molecular formula is C36H40N4O4S. The van der Waals surface area contributed by atoms with Gasteiger partial charge in [0, 0.05) is 29.7 Å². The van der Waals surface area contributed by atoms with E-state index in [9.17, 15) is 13.2 Å². The summed E-state index contributed by atoms with van der Waals surface area (Å²) in [5, 5.41) is 2.03. The zero-order valence-corrected chi connectivity index (χ0v) is 26.6. The Labute approximate surface area is 264 Å². The zero-order chi connectivity index (χ0) is 31.6. The van der Waals surface area contributed by atoms with Crippen molar-refractivity contribution >= 4 is 43.4 Å². The van der Waals surface area contributed by atoms with Gasteiger partial charge in [0.15, 0.2) is 0 Å². The van der Waals surface area contributed by atoms with E-state index >= 15 is 0 Å². The molecule has 1 aliphatic rings. The smallest absolute Gasteiger partial charge is 0.355 e. The third-order valence-corrected chi connectivity index (χ3v) is 10.7. The number of piperidine rings is 1. The molecule has 8 nitrogen and oxygen atoms in total. The molecule has 45 heavy (non-hydrogen) atoms. The molecular weight excluding hydrogens is 584 g/mol. The highest BCUT2D eigenvalue weighted by atomic mass is 32.2. The topological polar surface area (TPSA) is 107 Å². The largest absolute Gasteiger partial charge is 0.461 e. The van der Waals surface area contributed by atoms with Gasteiger partial charge in [0.1, 0.15) is 10.9 Å². The summed E-state index contributed by atoms with van der Waals surface area (Å²) in [7, 11) is -1.63. The van der Waals surface area contributed by atoms with Gasteiger partial charge in [-0.25, -0.2) is 13.2 Å². The number of nitrogens with two attached hydrogens (primary N) is 1. The van der Waals surface area contributed by atoms with Crippen molar-refractivity contribution in [2.24, 2.45) is 11.7 Å². The Morgan fingerprint density at radius 2 is 1.69 bits per heavy atom. The maximum Gasteiger partial charge on any atom is 0.355 e. The van der Waals surface area contributed by atoms with Gasteiger partial charge in [-0.05, 0) is 97.5 Å². The molecule has 9 heteroatoms. The molecule has 0 aliphatic carbocycles. The number of benzene rings is 4. The maximum absolute atomic E-state index is 13.6. The molecule has 1 aliphatic heterocycles. The predicted octanol–water partition coefficient (Wildman–Crippen LogP) is 6.30. The van der Waals surface area contributed by atoms with E-state index in [1.807, 2.05) is 95.6 Å². The third kappa shape index (κ3) is 6.76. The molecule has 4 aromatic carbocycles. The number of fused-ring (bicyclic) bond motifs is 2. The summed E-state index contributed by atoms with van der Waals surface area (Å²) in [6, 6.07) is 28.6. The molecule has 1 atom stereocenters. The van der Waals surface area contributed by atoms with Gasteiger partial charge < -0.3 is 19.9 Å². The molecule has 0 bridgehead atoms. The van der Waals surface area contributed by atoms with Gasteiger partial charge in [-0.2, -0.15) is 0 Å². The number of carbonyl (C=O) groups is 1. The van der Waals surface area contributed by atoms with Crippen LogP contribution in [0.1, 0.15) is 52.2 Å². The van der Waals surface area contributed by atoms with Crippen molar-refractivity contribution in [2.75, 3.05) is 31.5 Å². The first kappa shape index (κ1) is 30.8. The fourth-order valence-electron chi connectivity index (χ4n) is 6.17. The first-order valence-corrected chi connectivity index (χ1v) is 17.0. The highest BCUT2D eigenvalue weighted by Crippen LogP contribution is 2.31. The Morgan fingerprint density at radius 1 is 0.956 bits per heavy atom. The van der Waals surface area contributed by atoms with E-state index in [0.29, 0.717) is 42.6 Å². The molecule has 0 unspecified atom stereocenters.